The van der Waals surface area contributed by atoms with Gasteiger partial charge in [0.15, 0.2) is 0 Å². The molecule has 4 aromatic rings. The molecule has 7 nitrogen and oxygen atoms in total. The van der Waals surface area contributed by atoms with Crippen LogP contribution in [0.4, 0.5) is 5.69 Å². The average molecular weight is 509 g/mol. The van der Waals surface area contributed by atoms with Crippen molar-refractivity contribution in [1.29, 1.82) is 0 Å². The molecule has 0 bridgehead atoms. The molecule has 1 aliphatic carbocycles. The number of nitrogens with zero attached hydrogens (tertiary/aromatic N) is 3. The lowest BCUT2D eigenvalue weighted by Gasteiger charge is -2.32. The Morgan fingerprint density at radius 2 is 1.63 bits per heavy atom. The summed E-state index contributed by atoms with van der Waals surface area (Å²) >= 11 is 0. The fourth-order valence-corrected chi connectivity index (χ4v) is 5.24. The third-order valence-electron chi connectivity index (χ3n) is 7.28. The summed E-state index contributed by atoms with van der Waals surface area (Å²) in [4.78, 5) is 33.5. The maximum Gasteiger partial charge on any atom is 0.297 e. The number of rotatable bonds is 8. The molecule has 1 fully saturated rings. The van der Waals surface area contributed by atoms with E-state index in [4.69, 9.17) is 4.52 Å². The van der Waals surface area contributed by atoms with Gasteiger partial charge in [-0.2, -0.15) is 0 Å². The molecule has 1 unspecified atom stereocenters. The van der Waals surface area contributed by atoms with Crippen molar-refractivity contribution in [3.63, 3.8) is 0 Å². The van der Waals surface area contributed by atoms with Crippen molar-refractivity contribution in [3.05, 3.63) is 114 Å². The maximum absolute atomic E-state index is 14.0. The third-order valence-corrected chi connectivity index (χ3v) is 7.28. The fraction of sp³-hybridized carbons (Fsp3) is 0.290. The second kappa shape index (κ2) is 11.9. The Morgan fingerprint density at radius 1 is 0.895 bits per heavy atom. The van der Waals surface area contributed by atoms with Crippen molar-refractivity contribution in [2.75, 3.05) is 4.90 Å². The molecular weight excluding hydrogens is 476 g/mol. The van der Waals surface area contributed by atoms with Gasteiger partial charge in [-0.05, 0) is 55.0 Å². The molecule has 0 radical (unpaired) electrons. The average Bonchev–Trinajstić information content (AvgIpc) is 3.52. The van der Waals surface area contributed by atoms with Gasteiger partial charge >= 0.3 is 0 Å². The molecule has 1 N–H and O–H groups in total. The minimum Gasteiger partial charge on any atom is -0.351 e. The number of aromatic nitrogens is 2. The summed E-state index contributed by atoms with van der Waals surface area (Å²) in [6.07, 6.45) is 10.8. The SMILES string of the molecule is C[C@H](NC(=O)C(c1cccnc1)N(C(=O)c1ccno1)c1ccc(C2CCCCC2)cc1)c1ccccc1. The molecule has 2 aromatic carbocycles. The van der Waals surface area contributed by atoms with Crippen LogP contribution in [0.25, 0.3) is 0 Å². The maximum atomic E-state index is 14.0. The van der Waals surface area contributed by atoms with E-state index in [9.17, 15) is 9.59 Å². The van der Waals surface area contributed by atoms with Crippen molar-refractivity contribution in [2.45, 2.75) is 57.0 Å². The molecule has 2 atom stereocenters. The van der Waals surface area contributed by atoms with Crippen LogP contribution >= 0.6 is 0 Å². The van der Waals surface area contributed by atoms with Gasteiger partial charge in [0.25, 0.3) is 5.91 Å². The Kier molecular flexibility index (Phi) is 7.92. The van der Waals surface area contributed by atoms with Crippen molar-refractivity contribution >= 4 is 17.5 Å². The molecule has 1 aliphatic rings. The summed E-state index contributed by atoms with van der Waals surface area (Å²) in [6, 6.07) is 21.6. The molecule has 2 aromatic heterocycles. The summed E-state index contributed by atoms with van der Waals surface area (Å²) in [7, 11) is 0. The van der Waals surface area contributed by atoms with E-state index in [1.165, 1.54) is 54.8 Å². The number of anilines is 1. The zero-order chi connectivity index (χ0) is 26.3. The normalized spacial score (nSPS) is 15.4. The van der Waals surface area contributed by atoms with Crippen LogP contribution in [-0.4, -0.2) is 22.0 Å². The van der Waals surface area contributed by atoms with Crippen LogP contribution in [-0.2, 0) is 4.79 Å². The minimum absolute atomic E-state index is 0.0548. The zero-order valence-corrected chi connectivity index (χ0v) is 21.5. The van der Waals surface area contributed by atoms with Gasteiger partial charge in [-0.1, -0.05) is 73.0 Å². The Hall–Kier alpha value is -4.26. The Balaban J connectivity index is 1.53. The van der Waals surface area contributed by atoms with Gasteiger partial charge in [0, 0.05) is 29.7 Å². The number of nitrogens with one attached hydrogen (secondary N) is 1. The molecule has 2 heterocycles. The summed E-state index contributed by atoms with van der Waals surface area (Å²) in [5.74, 6) is -0.192. The molecule has 0 saturated heterocycles. The first-order chi connectivity index (χ1) is 18.6. The number of benzene rings is 2. The molecule has 38 heavy (non-hydrogen) atoms. The van der Waals surface area contributed by atoms with Crippen molar-refractivity contribution in [3.8, 4) is 0 Å². The third kappa shape index (κ3) is 5.67. The second-order valence-electron chi connectivity index (χ2n) is 9.81. The molecule has 5 rings (SSSR count). The fourth-order valence-electron chi connectivity index (χ4n) is 5.24. The van der Waals surface area contributed by atoms with E-state index in [0.29, 0.717) is 17.2 Å². The summed E-state index contributed by atoms with van der Waals surface area (Å²) < 4.78 is 5.24. The van der Waals surface area contributed by atoms with Crippen LogP contribution in [0.5, 0.6) is 0 Å². The van der Waals surface area contributed by atoms with Gasteiger partial charge in [0.1, 0.15) is 6.04 Å². The van der Waals surface area contributed by atoms with Gasteiger partial charge in [-0.3, -0.25) is 19.5 Å². The van der Waals surface area contributed by atoms with Crippen molar-refractivity contribution < 1.29 is 14.1 Å². The first-order valence-electron chi connectivity index (χ1n) is 13.2. The minimum atomic E-state index is -0.979. The predicted octanol–water partition coefficient (Wildman–Crippen LogP) is 6.38. The second-order valence-corrected chi connectivity index (χ2v) is 9.81. The molecule has 0 spiro atoms. The highest BCUT2D eigenvalue weighted by Gasteiger charge is 2.35. The smallest absolute Gasteiger partial charge is 0.297 e. The van der Waals surface area contributed by atoms with Crippen LogP contribution in [0.3, 0.4) is 0 Å². The highest BCUT2D eigenvalue weighted by molar-refractivity contribution is 6.08. The van der Waals surface area contributed by atoms with Crippen LogP contribution < -0.4 is 10.2 Å². The molecule has 0 aliphatic heterocycles. The number of hydrogen-bond acceptors (Lipinski definition) is 5. The number of hydrogen-bond donors (Lipinski definition) is 1. The highest BCUT2D eigenvalue weighted by Crippen LogP contribution is 2.35. The summed E-state index contributed by atoms with van der Waals surface area (Å²) in [6.45, 7) is 1.93. The van der Waals surface area contributed by atoms with E-state index in [1.807, 2.05) is 55.5 Å². The van der Waals surface area contributed by atoms with Gasteiger partial charge in [0.05, 0.1) is 12.2 Å². The monoisotopic (exact) mass is 508 g/mol. The highest BCUT2D eigenvalue weighted by atomic mass is 16.5. The van der Waals surface area contributed by atoms with Gasteiger partial charge in [-0.25, -0.2) is 0 Å². The Labute approximate surface area is 222 Å². The van der Waals surface area contributed by atoms with Gasteiger partial charge in [-0.15, -0.1) is 0 Å². The first kappa shape index (κ1) is 25.4. The lowest BCUT2D eigenvalue weighted by atomic mass is 9.84. The topological polar surface area (TPSA) is 88.3 Å². The molecule has 2 amide bonds. The Morgan fingerprint density at radius 3 is 2.29 bits per heavy atom. The molecular formula is C31H32N4O3. The van der Waals surface area contributed by atoms with Crippen molar-refractivity contribution in [1.82, 2.24) is 15.5 Å². The van der Waals surface area contributed by atoms with Crippen molar-refractivity contribution in [2.24, 2.45) is 0 Å². The van der Waals surface area contributed by atoms with E-state index in [-0.39, 0.29) is 17.7 Å². The van der Waals surface area contributed by atoms with E-state index in [0.717, 1.165) is 5.56 Å². The molecule has 7 heteroatoms. The summed E-state index contributed by atoms with van der Waals surface area (Å²) in [5.41, 5.74) is 3.42. The van der Waals surface area contributed by atoms with Crippen LogP contribution in [0.2, 0.25) is 0 Å². The summed E-state index contributed by atoms with van der Waals surface area (Å²) in [5, 5.41) is 6.83. The van der Waals surface area contributed by atoms with Gasteiger partial charge in [0.2, 0.25) is 11.7 Å². The first-order valence-corrected chi connectivity index (χ1v) is 13.2. The van der Waals surface area contributed by atoms with E-state index in [1.54, 1.807) is 18.5 Å². The standard InChI is InChI=1S/C31H32N4O3/c1-22(23-9-4-2-5-10-23)34-30(36)29(26-13-8-19-32-21-26)35(31(37)28-18-20-33-38-28)27-16-14-25(15-17-27)24-11-6-3-7-12-24/h2,4-5,8-10,13-22,24,29H,3,6-7,11-12H2,1H3,(H,34,36)/t22-,29?/m0/s1. The van der Waals surface area contributed by atoms with Crippen LogP contribution in [0, 0.1) is 0 Å². The largest absolute Gasteiger partial charge is 0.351 e. The van der Waals surface area contributed by atoms with E-state index in [2.05, 4.69) is 27.6 Å². The quantitative estimate of drug-likeness (QED) is 0.298. The van der Waals surface area contributed by atoms with E-state index < -0.39 is 11.9 Å². The number of carbonyl (C=O) groups is 2. The number of carbonyl (C=O) groups excluding carboxylic acids is 2. The van der Waals surface area contributed by atoms with Crippen LogP contribution in [0.15, 0.2) is 95.9 Å². The van der Waals surface area contributed by atoms with Gasteiger partial charge < -0.3 is 9.84 Å². The molecule has 194 valence electrons. The predicted molar refractivity (Wildman–Crippen MR) is 146 cm³/mol. The zero-order valence-electron chi connectivity index (χ0n) is 21.5. The Bertz CT molecular complexity index is 1320. The number of pyridine rings is 1. The van der Waals surface area contributed by atoms with E-state index >= 15 is 0 Å². The lowest BCUT2D eigenvalue weighted by molar-refractivity contribution is -0.123. The van der Waals surface area contributed by atoms with Crippen LogP contribution in [0.1, 0.15) is 84.3 Å². The molecule has 1 saturated carbocycles. The number of amides is 2. The lowest BCUT2D eigenvalue weighted by Crippen LogP contribution is -2.44.